The minimum Gasteiger partial charge on any atom is -0.464 e. The standard InChI is InChI=1S/C10H17FO3S/c1-2-3-4-5-8-15(13)10(11)6-7-14-9-12/h6,9H,2-5,7-8H2,1H3/b10-6+. The fourth-order valence-corrected chi connectivity index (χ4v) is 1.92. The molecule has 0 fully saturated rings. The third kappa shape index (κ3) is 8.30. The van der Waals surface area contributed by atoms with Crippen LogP contribution in [0.25, 0.3) is 0 Å². The smallest absolute Gasteiger partial charge is 0.293 e. The molecule has 0 bridgehead atoms. The van der Waals surface area contributed by atoms with Crippen LogP contribution >= 0.6 is 0 Å². The van der Waals surface area contributed by atoms with Gasteiger partial charge in [0.15, 0.2) is 5.16 Å². The Balaban J connectivity index is 3.68. The molecule has 5 heteroatoms. The number of hydrogen-bond donors (Lipinski definition) is 0. The van der Waals surface area contributed by atoms with Crippen molar-refractivity contribution in [1.82, 2.24) is 0 Å². The molecule has 15 heavy (non-hydrogen) atoms. The minimum absolute atomic E-state index is 0.157. The number of carbonyl (C=O) groups excluding carboxylic acids is 1. The van der Waals surface area contributed by atoms with Gasteiger partial charge in [-0.2, -0.15) is 4.39 Å². The Kier molecular flexibility index (Phi) is 9.36. The summed E-state index contributed by atoms with van der Waals surface area (Å²) in [6.07, 6.45) is 4.94. The highest BCUT2D eigenvalue weighted by Gasteiger charge is 2.05. The molecule has 0 aromatic carbocycles. The van der Waals surface area contributed by atoms with E-state index < -0.39 is 16.0 Å². The van der Waals surface area contributed by atoms with Crippen molar-refractivity contribution in [2.24, 2.45) is 0 Å². The Bertz CT molecular complexity index is 229. The van der Waals surface area contributed by atoms with E-state index in [2.05, 4.69) is 11.7 Å². The van der Waals surface area contributed by atoms with E-state index in [4.69, 9.17) is 0 Å². The third-order valence-electron chi connectivity index (χ3n) is 1.81. The van der Waals surface area contributed by atoms with E-state index >= 15 is 0 Å². The van der Waals surface area contributed by atoms with E-state index in [0.29, 0.717) is 5.75 Å². The second kappa shape index (κ2) is 9.83. The summed E-state index contributed by atoms with van der Waals surface area (Å²) in [6, 6.07) is 0. The van der Waals surface area contributed by atoms with Crippen LogP contribution < -0.4 is 0 Å². The first kappa shape index (κ1) is 14.3. The summed E-state index contributed by atoms with van der Waals surface area (Å²) < 4.78 is 28.5. The average molecular weight is 236 g/mol. The molecule has 0 spiro atoms. The van der Waals surface area contributed by atoms with Crippen LogP contribution in [0.15, 0.2) is 11.2 Å². The molecule has 0 aromatic heterocycles. The van der Waals surface area contributed by atoms with Crippen LogP contribution in [-0.2, 0) is 20.3 Å². The summed E-state index contributed by atoms with van der Waals surface area (Å²) in [6.45, 7) is 2.15. The fourth-order valence-electron chi connectivity index (χ4n) is 1.00. The SMILES string of the molecule is CCCCCCS(=O)/C(F)=C/COC=O. The maximum absolute atomic E-state index is 13.0. The number of carbonyl (C=O) groups is 1. The molecule has 0 N–H and O–H groups in total. The van der Waals surface area contributed by atoms with E-state index in [1.807, 2.05) is 0 Å². The van der Waals surface area contributed by atoms with Gasteiger partial charge in [-0.25, -0.2) is 0 Å². The van der Waals surface area contributed by atoms with Crippen LogP contribution in [0.2, 0.25) is 0 Å². The molecule has 88 valence electrons. The number of ether oxygens (including phenoxy) is 1. The fraction of sp³-hybridized carbons (Fsp3) is 0.700. The molecule has 1 atom stereocenters. The van der Waals surface area contributed by atoms with Gasteiger partial charge in [-0.05, 0) is 12.5 Å². The van der Waals surface area contributed by atoms with E-state index in [0.717, 1.165) is 31.8 Å². The normalized spacial score (nSPS) is 13.6. The summed E-state index contributed by atoms with van der Waals surface area (Å²) in [7, 11) is -1.57. The molecule has 0 aromatic rings. The molecule has 3 nitrogen and oxygen atoms in total. The van der Waals surface area contributed by atoms with Crippen molar-refractivity contribution >= 4 is 17.3 Å². The summed E-state index contributed by atoms with van der Waals surface area (Å²) in [5.41, 5.74) is 0. The Morgan fingerprint density at radius 1 is 1.40 bits per heavy atom. The van der Waals surface area contributed by atoms with Crippen molar-refractivity contribution < 1.29 is 18.1 Å². The van der Waals surface area contributed by atoms with Crippen molar-refractivity contribution in [2.75, 3.05) is 12.4 Å². The van der Waals surface area contributed by atoms with E-state index in [1.54, 1.807) is 0 Å². The lowest BCUT2D eigenvalue weighted by Gasteiger charge is -1.99. The van der Waals surface area contributed by atoms with Gasteiger partial charge in [0.25, 0.3) is 6.47 Å². The highest BCUT2D eigenvalue weighted by molar-refractivity contribution is 7.88. The Hall–Kier alpha value is -0.710. The number of rotatable bonds is 9. The Morgan fingerprint density at radius 2 is 2.13 bits per heavy atom. The molecule has 0 aliphatic rings. The zero-order chi connectivity index (χ0) is 11.5. The maximum Gasteiger partial charge on any atom is 0.293 e. The van der Waals surface area contributed by atoms with Crippen molar-refractivity contribution in [2.45, 2.75) is 32.6 Å². The highest BCUT2D eigenvalue weighted by Crippen LogP contribution is 2.08. The Labute approximate surface area is 92.1 Å². The van der Waals surface area contributed by atoms with Gasteiger partial charge in [-0.15, -0.1) is 0 Å². The molecular formula is C10H17FO3S. The quantitative estimate of drug-likeness (QED) is 0.456. The lowest BCUT2D eigenvalue weighted by molar-refractivity contribution is -0.127. The zero-order valence-electron chi connectivity index (χ0n) is 8.91. The lowest BCUT2D eigenvalue weighted by atomic mass is 10.2. The van der Waals surface area contributed by atoms with Gasteiger partial charge in [0.1, 0.15) is 6.61 Å². The van der Waals surface area contributed by atoms with Gasteiger partial charge in [0, 0.05) is 5.75 Å². The summed E-state index contributed by atoms with van der Waals surface area (Å²) in [5, 5.41) is -0.701. The topological polar surface area (TPSA) is 43.4 Å². The second-order valence-electron chi connectivity index (χ2n) is 3.05. The van der Waals surface area contributed by atoms with Crippen molar-refractivity contribution in [3.8, 4) is 0 Å². The molecule has 0 amide bonds. The van der Waals surface area contributed by atoms with E-state index in [-0.39, 0.29) is 13.1 Å². The van der Waals surface area contributed by atoms with Crippen molar-refractivity contribution in [1.29, 1.82) is 0 Å². The summed E-state index contributed by atoms with van der Waals surface area (Å²) >= 11 is 0. The van der Waals surface area contributed by atoms with Crippen LogP contribution in [0.4, 0.5) is 4.39 Å². The predicted molar refractivity (Wildman–Crippen MR) is 58.4 cm³/mol. The number of hydrogen-bond acceptors (Lipinski definition) is 3. The van der Waals surface area contributed by atoms with Gasteiger partial charge in [0.05, 0.1) is 10.8 Å². The molecule has 0 saturated heterocycles. The Morgan fingerprint density at radius 3 is 2.73 bits per heavy atom. The number of unbranched alkanes of at least 4 members (excludes halogenated alkanes) is 3. The van der Waals surface area contributed by atoms with Gasteiger partial charge < -0.3 is 4.74 Å². The first-order valence-electron chi connectivity index (χ1n) is 5.01. The van der Waals surface area contributed by atoms with Gasteiger partial charge in [-0.1, -0.05) is 26.2 Å². The highest BCUT2D eigenvalue weighted by atomic mass is 32.2. The monoisotopic (exact) mass is 236 g/mol. The van der Waals surface area contributed by atoms with Crippen LogP contribution in [0.1, 0.15) is 32.6 Å². The summed E-state index contributed by atoms with van der Waals surface area (Å²) in [4.78, 5) is 9.75. The first-order chi connectivity index (χ1) is 7.22. The van der Waals surface area contributed by atoms with Gasteiger partial charge in [0.2, 0.25) is 0 Å². The summed E-state index contributed by atoms with van der Waals surface area (Å²) in [5.74, 6) is 0.337. The molecule has 0 heterocycles. The molecule has 1 unspecified atom stereocenters. The maximum atomic E-state index is 13.0. The molecule has 0 saturated carbocycles. The van der Waals surface area contributed by atoms with Gasteiger partial charge >= 0.3 is 0 Å². The molecule has 0 radical (unpaired) electrons. The van der Waals surface area contributed by atoms with Crippen LogP contribution in [0, 0.1) is 0 Å². The number of halogens is 1. The lowest BCUT2D eigenvalue weighted by Crippen LogP contribution is -1.99. The average Bonchev–Trinajstić information content (AvgIpc) is 2.24. The largest absolute Gasteiger partial charge is 0.464 e. The van der Waals surface area contributed by atoms with Crippen LogP contribution in [0.5, 0.6) is 0 Å². The minimum atomic E-state index is -1.57. The van der Waals surface area contributed by atoms with E-state index in [1.165, 1.54) is 0 Å². The third-order valence-corrected chi connectivity index (χ3v) is 3.07. The molecule has 0 rings (SSSR count). The van der Waals surface area contributed by atoms with Crippen LogP contribution in [0.3, 0.4) is 0 Å². The molecular weight excluding hydrogens is 219 g/mol. The second-order valence-corrected chi connectivity index (χ2v) is 4.54. The van der Waals surface area contributed by atoms with Crippen molar-refractivity contribution in [3.63, 3.8) is 0 Å². The van der Waals surface area contributed by atoms with E-state index in [9.17, 15) is 13.4 Å². The molecule has 0 aliphatic carbocycles. The predicted octanol–water partition coefficient (Wildman–Crippen LogP) is 2.30. The first-order valence-corrected chi connectivity index (χ1v) is 6.33. The van der Waals surface area contributed by atoms with Crippen LogP contribution in [-0.4, -0.2) is 23.0 Å². The molecule has 0 aliphatic heterocycles. The zero-order valence-corrected chi connectivity index (χ0v) is 9.72. The van der Waals surface area contributed by atoms with Crippen molar-refractivity contribution in [3.05, 3.63) is 11.2 Å². The van der Waals surface area contributed by atoms with Gasteiger partial charge in [-0.3, -0.25) is 9.00 Å².